The third-order valence-electron chi connectivity index (χ3n) is 4.31. The van der Waals surface area contributed by atoms with E-state index >= 15 is 0 Å². The smallest absolute Gasteiger partial charge is 0.115 e. The van der Waals surface area contributed by atoms with Crippen LogP contribution in [0.4, 0.5) is 0 Å². The lowest BCUT2D eigenvalue weighted by molar-refractivity contribution is 0.473. The fraction of sp³-hybridized carbons (Fsp3) is 0.182. The summed E-state index contributed by atoms with van der Waals surface area (Å²) in [6.07, 6.45) is 0.839. The zero-order valence-corrected chi connectivity index (χ0v) is 15.0. The molecule has 0 heterocycles. The minimum absolute atomic E-state index is 0.291. The third kappa shape index (κ3) is 4.06. The summed E-state index contributed by atoms with van der Waals surface area (Å²) in [7, 11) is 0. The molecule has 0 amide bonds. The van der Waals surface area contributed by atoms with Crippen LogP contribution in [0.1, 0.15) is 16.7 Å². The van der Waals surface area contributed by atoms with Gasteiger partial charge in [-0.2, -0.15) is 0 Å². The number of hydrogen-bond donors (Lipinski definition) is 2. The molecule has 0 radical (unpaired) electrons. The van der Waals surface area contributed by atoms with Crippen LogP contribution >= 0.6 is 11.8 Å². The summed E-state index contributed by atoms with van der Waals surface area (Å²) in [6.45, 7) is 0.618. The second-order valence-electron chi connectivity index (χ2n) is 6.04. The molecule has 0 saturated heterocycles. The molecule has 3 aromatic rings. The Morgan fingerprint density at radius 2 is 1.44 bits per heavy atom. The lowest BCUT2D eigenvalue weighted by atomic mass is 9.84. The van der Waals surface area contributed by atoms with E-state index in [-0.39, 0.29) is 4.75 Å². The molecule has 0 aliphatic heterocycles. The van der Waals surface area contributed by atoms with Gasteiger partial charge in [-0.25, -0.2) is 0 Å². The van der Waals surface area contributed by atoms with E-state index in [0.717, 1.165) is 17.7 Å². The number of rotatable bonds is 7. The minimum atomic E-state index is -0.291. The Hall–Kier alpha value is -2.23. The molecule has 3 heteroatoms. The van der Waals surface area contributed by atoms with Crippen molar-refractivity contribution in [2.75, 3.05) is 12.3 Å². The van der Waals surface area contributed by atoms with Crippen LogP contribution in [0, 0.1) is 0 Å². The summed E-state index contributed by atoms with van der Waals surface area (Å²) in [5, 5.41) is 10.1. The van der Waals surface area contributed by atoms with E-state index in [2.05, 4.69) is 54.6 Å². The maximum absolute atomic E-state index is 10.1. The quantitative estimate of drug-likeness (QED) is 0.657. The van der Waals surface area contributed by atoms with Crippen LogP contribution in [0.15, 0.2) is 84.9 Å². The maximum atomic E-state index is 10.1. The number of aromatic hydroxyl groups is 1. The summed E-state index contributed by atoms with van der Waals surface area (Å²) in [5.74, 6) is 1.14. The van der Waals surface area contributed by atoms with Crippen LogP contribution in [0.5, 0.6) is 5.75 Å². The van der Waals surface area contributed by atoms with Gasteiger partial charge in [-0.3, -0.25) is 0 Å². The van der Waals surface area contributed by atoms with E-state index in [9.17, 15) is 5.11 Å². The molecular formula is C22H23NOS. The summed E-state index contributed by atoms with van der Waals surface area (Å²) in [4.78, 5) is 0. The lowest BCUT2D eigenvalue weighted by Crippen LogP contribution is -2.28. The number of phenolic OH excluding ortho intramolecular Hbond substituents is 1. The van der Waals surface area contributed by atoms with Crippen molar-refractivity contribution in [3.63, 3.8) is 0 Å². The molecule has 0 aliphatic rings. The number of nitrogens with two attached hydrogens (primary N) is 1. The number of hydrogen-bond acceptors (Lipinski definition) is 3. The van der Waals surface area contributed by atoms with Gasteiger partial charge in [0.25, 0.3) is 0 Å². The van der Waals surface area contributed by atoms with Crippen molar-refractivity contribution in [1.82, 2.24) is 0 Å². The van der Waals surface area contributed by atoms with Gasteiger partial charge < -0.3 is 10.8 Å². The molecule has 25 heavy (non-hydrogen) atoms. The number of phenols is 1. The predicted octanol–water partition coefficient (Wildman–Crippen LogP) is 4.57. The van der Waals surface area contributed by atoms with Gasteiger partial charge in [0.15, 0.2) is 0 Å². The lowest BCUT2D eigenvalue weighted by Gasteiger charge is -2.35. The molecule has 3 rings (SSSR count). The monoisotopic (exact) mass is 349 g/mol. The molecule has 0 aromatic heterocycles. The maximum Gasteiger partial charge on any atom is 0.115 e. The Morgan fingerprint density at radius 1 is 0.800 bits per heavy atom. The average Bonchev–Trinajstić information content (AvgIpc) is 2.67. The van der Waals surface area contributed by atoms with Crippen LogP contribution in [0.2, 0.25) is 0 Å². The second-order valence-corrected chi connectivity index (χ2v) is 7.44. The number of benzene rings is 3. The van der Waals surface area contributed by atoms with Gasteiger partial charge in [0, 0.05) is 12.3 Å². The standard InChI is InChI=1S/C22H23NOS/c23-14-15-25-22(19-10-5-2-6-11-19,17-18-8-3-1-4-9-18)20-12-7-13-21(24)16-20/h1-13,16,24H,14-15,17,23H2. The Balaban J connectivity index is 2.16. The summed E-state index contributed by atoms with van der Waals surface area (Å²) < 4.78 is -0.291. The normalized spacial score (nSPS) is 13.3. The topological polar surface area (TPSA) is 46.2 Å². The van der Waals surface area contributed by atoms with Crippen LogP contribution in [0.3, 0.4) is 0 Å². The van der Waals surface area contributed by atoms with Crippen molar-refractivity contribution < 1.29 is 5.11 Å². The van der Waals surface area contributed by atoms with E-state index < -0.39 is 0 Å². The molecule has 128 valence electrons. The first kappa shape index (κ1) is 17.6. The van der Waals surface area contributed by atoms with E-state index in [1.165, 1.54) is 11.1 Å². The SMILES string of the molecule is NCCSC(Cc1ccccc1)(c1ccccc1)c1cccc(O)c1. The van der Waals surface area contributed by atoms with Crippen LogP contribution in [-0.2, 0) is 11.2 Å². The predicted molar refractivity (Wildman–Crippen MR) is 107 cm³/mol. The van der Waals surface area contributed by atoms with E-state index in [4.69, 9.17) is 5.73 Å². The minimum Gasteiger partial charge on any atom is -0.508 e. The van der Waals surface area contributed by atoms with Gasteiger partial charge in [-0.15, -0.1) is 11.8 Å². The molecule has 3 N–H and O–H groups in total. The zero-order chi connectivity index (χ0) is 17.5. The first-order valence-electron chi connectivity index (χ1n) is 8.47. The molecule has 0 spiro atoms. The van der Waals surface area contributed by atoms with Crippen molar-refractivity contribution in [2.45, 2.75) is 11.2 Å². The molecular weight excluding hydrogens is 326 g/mol. The van der Waals surface area contributed by atoms with Crippen LogP contribution in [0.25, 0.3) is 0 Å². The van der Waals surface area contributed by atoms with Gasteiger partial charge in [-0.05, 0) is 35.2 Å². The van der Waals surface area contributed by atoms with Gasteiger partial charge in [0.2, 0.25) is 0 Å². The van der Waals surface area contributed by atoms with Crippen molar-refractivity contribution >= 4 is 11.8 Å². The molecule has 0 bridgehead atoms. The van der Waals surface area contributed by atoms with Crippen LogP contribution in [-0.4, -0.2) is 17.4 Å². The molecule has 3 aromatic carbocycles. The first-order chi connectivity index (χ1) is 12.2. The van der Waals surface area contributed by atoms with Gasteiger partial charge in [0.1, 0.15) is 5.75 Å². The largest absolute Gasteiger partial charge is 0.508 e. The molecule has 0 fully saturated rings. The number of thioether (sulfide) groups is 1. The average molecular weight is 349 g/mol. The highest BCUT2D eigenvalue weighted by molar-refractivity contribution is 8.00. The van der Waals surface area contributed by atoms with E-state index in [1.807, 2.05) is 36.0 Å². The summed E-state index contributed by atoms with van der Waals surface area (Å²) in [5.41, 5.74) is 9.43. The van der Waals surface area contributed by atoms with Crippen molar-refractivity contribution in [3.05, 3.63) is 102 Å². The van der Waals surface area contributed by atoms with Crippen molar-refractivity contribution in [3.8, 4) is 5.75 Å². The molecule has 1 atom stereocenters. The van der Waals surface area contributed by atoms with Crippen molar-refractivity contribution in [1.29, 1.82) is 0 Å². The van der Waals surface area contributed by atoms with E-state index in [1.54, 1.807) is 6.07 Å². The highest BCUT2D eigenvalue weighted by Crippen LogP contribution is 2.46. The molecule has 1 unspecified atom stereocenters. The Labute approximate surface area is 153 Å². The van der Waals surface area contributed by atoms with Gasteiger partial charge >= 0.3 is 0 Å². The Morgan fingerprint density at radius 3 is 2.08 bits per heavy atom. The fourth-order valence-corrected chi connectivity index (χ4v) is 4.50. The highest BCUT2D eigenvalue weighted by Gasteiger charge is 2.35. The van der Waals surface area contributed by atoms with E-state index in [0.29, 0.717) is 12.3 Å². The van der Waals surface area contributed by atoms with Gasteiger partial charge in [-0.1, -0.05) is 72.8 Å². The zero-order valence-electron chi connectivity index (χ0n) is 14.1. The molecule has 0 saturated carbocycles. The second kappa shape index (κ2) is 8.24. The first-order valence-corrected chi connectivity index (χ1v) is 9.46. The fourth-order valence-electron chi connectivity index (χ4n) is 3.17. The third-order valence-corrected chi connectivity index (χ3v) is 5.86. The summed E-state index contributed by atoms with van der Waals surface area (Å²) in [6, 6.07) is 28.6. The Kier molecular flexibility index (Phi) is 5.79. The highest BCUT2D eigenvalue weighted by atomic mass is 32.2. The van der Waals surface area contributed by atoms with Crippen LogP contribution < -0.4 is 5.73 Å². The Bertz CT molecular complexity index is 791. The van der Waals surface area contributed by atoms with Crippen molar-refractivity contribution in [2.24, 2.45) is 5.73 Å². The van der Waals surface area contributed by atoms with Gasteiger partial charge in [0.05, 0.1) is 4.75 Å². The molecule has 2 nitrogen and oxygen atoms in total. The molecule has 0 aliphatic carbocycles. The summed E-state index contributed by atoms with van der Waals surface area (Å²) >= 11 is 1.84.